The largest absolute Gasteiger partial charge is 0.341 e. The van der Waals surface area contributed by atoms with Crippen LogP contribution in [-0.2, 0) is 7.05 Å². The van der Waals surface area contributed by atoms with E-state index in [1.54, 1.807) is 12.5 Å². The Kier molecular flexibility index (Phi) is 13.2. The van der Waals surface area contributed by atoms with Crippen LogP contribution in [-0.4, -0.2) is 15.4 Å². The molecule has 2 nitrogen and oxygen atoms in total. The third kappa shape index (κ3) is 13.4. The van der Waals surface area contributed by atoms with Crippen LogP contribution in [0.15, 0.2) is 18.7 Å². The van der Waals surface area contributed by atoms with Crippen molar-refractivity contribution >= 4 is 11.6 Å². The van der Waals surface area contributed by atoms with E-state index < -0.39 is 0 Å². The molecule has 0 aromatic carbocycles. The second kappa shape index (κ2) is 13.6. The molecule has 0 aliphatic carbocycles. The lowest BCUT2D eigenvalue weighted by Crippen LogP contribution is -1.80. The average Bonchev–Trinajstić information content (AvgIpc) is 2.80. The van der Waals surface area contributed by atoms with Gasteiger partial charge >= 0.3 is 0 Å². The minimum absolute atomic E-state index is 0.842. The molecular weight excluding hydrogens is 232 g/mol. The van der Waals surface area contributed by atoms with Crippen molar-refractivity contribution in [3.05, 3.63) is 18.7 Å². The molecule has 0 amide bonds. The molecule has 1 aromatic rings. The van der Waals surface area contributed by atoms with Crippen LogP contribution in [0.4, 0.5) is 0 Å². The van der Waals surface area contributed by atoms with Crippen molar-refractivity contribution < 1.29 is 0 Å². The molecule has 1 heterocycles. The van der Waals surface area contributed by atoms with Gasteiger partial charge in [-0.1, -0.05) is 51.9 Å². The number of nitrogens with zero attached hydrogens (tertiary/aromatic N) is 2. The topological polar surface area (TPSA) is 17.8 Å². The molecule has 0 fully saturated rings. The van der Waals surface area contributed by atoms with Gasteiger partial charge in [0, 0.05) is 25.3 Å². The Bertz CT molecular complexity index is 214. The third-order valence-corrected chi connectivity index (χ3v) is 2.89. The van der Waals surface area contributed by atoms with Crippen molar-refractivity contribution in [2.75, 3.05) is 5.88 Å². The van der Waals surface area contributed by atoms with Crippen LogP contribution in [0.3, 0.4) is 0 Å². The van der Waals surface area contributed by atoms with E-state index in [1.165, 1.54) is 51.4 Å². The predicted octanol–water partition coefficient (Wildman–Crippen LogP) is 4.79. The summed E-state index contributed by atoms with van der Waals surface area (Å²) >= 11 is 5.56. The van der Waals surface area contributed by atoms with Gasteiger partial charge in [0.15, 0.2) is 0 Å². The highest BCUT2D eigenvalue weighted by Crippen LogP contribution is 2.08. The number of unbranched alkanes of at least 4 members (excludes halogenated alkanes) is 7. The molecule has 1 rings (SSSR count). The maximum Gasteiger partial charge on any atom is 0.0943 e. The van der Waals surface area contributed by atoms with Crippen LogP contribution < -0.4 is 0 Å². The van der Waals surface area contributed by atoms with Gasteiger partial charge in [0.2, 0.25) is 0 Å². The molecule has 0 atom stereocenters. The number of hydrogen-bond acceptors (Lipinski definition) is 1. The summed E-state index contributed by atoms with van der Waals surface area (Å²) in [5.74, 6) is 0.842. The Morgan fingerprint density at radius 1 is 1.00 bits per heavy atom. The lowest BCUT2D eigenvalue weighted by atomic mass is 10.1. The van der Waals surface area contributed by atoms with Crippen LogP contribution >= 0.6 is 11.6 Å². The lowest BCUT2D eigenvalue weighted by molar-refractivity contribution is 0.586. The lowest BCUT2D eigenvalue weighted by Gasteiger charge is -1.98. The number of aromatic nitrogens is 2. The van der Waals surface area contributed by atoms with E-state index in [0.717, 1.165) is 5.88 Å². The number of halogens is 1. The highest BCUT2D eigenvalue weighted by Gasteiger charge is 1.89. The second-order valence-corrected chi connectivity index (χ2v) is 4.77. The molecule has 0 bridgehead atoms. The van der Waals surface area contributed by atoms with Crippen LogP contribution in [0, 0.1) is 0 Å². The first-order valence-electron chi connectivity index (χ1n) is 6.79. The van der Waals surface area contributed by atoms with E-state index >= 15 is 0 Å². The van der Waals surface area contributed by atoms with E-state index in [1.807, 2.05) is 17.8 Å². The van der Waals surface area contributed by atoms with Crippen molar-refractivity contribution in [1.29, 1.82) is 0 Å². The van der Waals surface area contributed by atoms with Crippen LogP contribution in [0.1, 0.15) is 58.3 Å². The monoisotopic (exact) mass is 258 g/mol. The second-order valence-electron chi connectivity index (χ2n) is 4.39. The van der Waals surface area contributed by atoms with Crippen molar-refractivity contribution in [1.82, 2.24) is 9.55 Å². The molecule has 0 aliphatic heterocycles. The molecule has 0 aliphatic rings. The van der Waals surface area contributed by atoms with Gasteiger partial charge in [0.05, 0.1) is 6.33 Å². The van der Waals surface area contributed by atoms with E-state index in [4.69, 9.17) is 11.6 Å². The summed E-state index contributed by atoms with van der Waals surface area (Å²) in [6.07, 6.45) is 16.3. The fourth-order valence-corrected chi connectivity index (χ4v) is 1.74. The number of aryl methyl sites for hydroxylation is 1. The maximum absolute atomic E-state index is 5.56. The summed E-state index contributed by atoms with van der Waals surface area (Å²) in [5.41, 5.74) is 0. The third-order valence-electron chi connectivity index (χ3n) is 2.62. The molecule has 17 heavy (non-hydrogen) atoms. The summed E-state index contributed by atoms with van der Waals surface area (Å²) in [7, 11) is 1.94. The van der Waals surface area contributed by atoms with Crippen molar-refractivity contribution in [2.45, 2.75) is 58.3 Å². The molecular formula is C14H27ClN2. The van der Waals surface area contributed by atoms with Gasteiger partial charge < -0.3 is 4.57 Å². The average molecular weight is 259 g/mol. The number of rotatable bonds is 8. The van der Waals surface area contributed by atoms with Crippen molar-refractivity contribution in [3.63, 3.8) is 0 Å². The van der Waals surface area contributed by atoms with Gasteiger partial charge in [-0.3, -0.25) is 0 Å². The van der Waals surface area contributed by atoms with E-state index in [9.17, 15) is 0 Å². The van der Waals surface area contributed by atoms with Gasteiger partial charge in [-0.2, -0.15) is 0 Å². The number of alkyl halides is 1. The van der Waals surface area contributed by atoms with Gasteiger partial charge in [-0.05, 0) is 6.42 Å². The highest BCUT2D eigenvalue weighted by atomic mass is 35.5. The van der Waals surface area contributed by atoms with Crippen LogP contribution in [0.5, 0.6) is 0 Å². The number of imidazole rings is 1. The fraction of sp³-hybridized carbons (Fsp3) is 0.786. The van der Waals surface area contributed by atoms with Crippen molar-refractivity contribution in [3.8, 4) is 0 Å². The number of hydrogen-bond donors (Lipinski definition) is 0. The molecule has 0 N–H and O–H groups in total. The zero-order chi connectivity index (χ0) is 12.8. The smallest absolute Gasteiger partial charge is 0.0943 e. The molecule has 0 saturated carbocycles. The highest BCUT2D eigenvalue weighted by molar-refractivity contribution is 6.17. The van der Waals surface area contributed by atoms with Gasteiger partial charge in [-0.15, -0.1) is 11.6 Å². The summed E-state index contributed by atoms with van der Waals surface area (Å²) in [4.78, 5) is 3.78. The zero-order valence-electron chi connectivity index (χ0n) is 11.4. The quantitative estimate of drug-likeness (QED) is 0.484. The first-order chi connectivity index (χ1) is 8.31. The molecule has 0 saturated heterocycles. The van der Waals surface area contributed by atoms with E-state index in [-0.39, 0.29) is 0 Å². The summed E-state index contributed by atoms with van der Waals surface area (Å²) in [6.45, 7) is 2.26. The SMILES string of the molecule is CCCCCCCCCCCl.Cn1ccnc1. The Labute approximate surface area is 111 Å². The molecule has 1 aromatic heterocycles. The van der Waals surface area contributed by atoms with Gasteiger partial charge in [0.1, 0.15) is 0 Å². The zero-order valence-corrected chi connectivity index (χ0v) is 12.1. The standard InChI is InChI=1S/C10H21Cl.C4H6N2/c1-2-3-4-5-6-7-8-9-10-11;1-6-3-2-5-4-6/h2-10H2,1H3;2-4H,1H3. The minimum Gasteiger partial charge on any atom is -0.341 e. The fourth-order valence-electron chi connectivity index (χ4n) is 1.55. The van der Waals surface area contributed by atoms with Gasteiger partial charge in [0.25, 0.3) is 0 Å². The first-order valence-corrected chi connectivity index (χ1v) is 7.32. The maximum atomic E-state index is 5.56. The molecule has 0 spiro atoms. The Balaban J connectivity index is 0.000000354. The molecule has 0 radical (unpaired) electrons. The Morgan fingerprint density at radius 3 is 1.94 bits per heavy atom. The van der Waals surface area contributed by atoms with Crippen LogP contribution in [0.2, 0.25) is 0 Å². The normalized spacial score (nSPS) is 9.82. The predicted molar refractivity (Wildman–Crippen MR) is 76.5 cm³/mol. The van der Waals surface area contributed by atoms with E-state index in [2.05, 4.69) is 11.9 Å². The Morgan fingerprint density at radius 2 is 1.59 bits per heavy atom. The molecule has 3 heteroatoms. The summed E-state index contributed by atoms with van der Waals surface area (Å²) in [6, 6.07) is 0. The Hall–Kier alpha value is -0.500. The first kappa shape index (κ1) is 16.5. The van der Waals surface area contributed by atoms with Crippen molar-refractivity contribution in [2.24, 2.45) is 7.05 Å². The molecule has 100 valence electrons. The van der Waals surface area contributed by atoms with Gasteiger partial charge in [-0.25, -0.2) is 4.98 Å². The molecule has 0 unspecified atom stereocenters. The summed E-state index contributed by atoms with van der Waals surface area (Å²) < 4.78 is 1.89. The van der Waals surface area contributed by atoms with Crippen LogP contribution in [0.25, 0.3) is 0 Å². The summed E-state index contributed by atoms with van der Waals surface area (Å²) in [5, 5.41) is 0. The minimum atomic E-state index is 0.842. The van der Waals surface area contributed by atoms with E-state index in [0.29, 0.717) is 0 Å².